The Labute approximate surface area is 60.3 Å². The second kappa shape index (κ2) is 3.06. The highest BCUT2D eigenvalue weighted by Gasteiger charge is 1.96. The Hall–Kier alpha value is -0.240. The molecule has 9 heavy (non-hydrogen) atoms. The van der Waals surface area contributed by atoms with Crippen LogP contribution in [-0.2, 0) is 0 Å². The summed E-state index contributed by atoms with van der Waals surface area (Å²) in [5, 5.41) is 2.19. The highest BCUT2D eigenvalue weighted by atomic mass is 32.2. The quantitative estimate of drug-likeness (QED) is 0.503. The molecule has 0 saturated heterocycles. The fraction of sp³-hybridized carbons (Fsp3) is 0.571. The van der Waals surface area contributed by atoms with E-state index in [2.05, 4.69) is 24.2 Å². The lowest BCUT2D eigenvalue weighted by Gasteiger charge is -1.90. The van der Waals surface area contributed by atoms with E-state index in [1.165, 1.54) is 11.3 Å². The van der Waals surface area contributed by atoms with Crippen LogP contribution in [0.4, 0.5) is 0 Å². The molecule has 0 fully saturated rings. The van der Waals surface area contributed by atoms with Gasteiger partial charge in [-0.2, -0.15) is 0 Å². The van der Waals surface area contributed by atoms with Gasteiger partial charge in [-0.25, -0.2) is 0 Å². The first-order chi connectivity index (χ1) is 4.29. The molecule has 0 aromatic heterocycles. The molecule has 0 unspecified atom stereocenters. The van der Waals surface area contributed by atoms with E-state index in [1.54, 1.807) is 0 Å². The molecule has 0 N–H and O–H groups in total. The Morgan fingerprint density at radius 2 is 2.33 bits per heavy atom. The molecule has 1 rings (SSSR count). The van der Waals surface area contributed by atoms with Crippen molar-refractivity contribution in [2.45, 2.75) is 13.8 Å². The predicted octanol–water partition coefficient (Wildman–Crippen LogP) is 2.10. The minimum atomic E-state index is 0.902. The average molecular weight is 141 g/mol. The topological polar surface area (TPSA) is 12.4 Å². The van der Waals surface area contributed by atoms with Crippen LogP contribution in [0.25, 0.3) is 0 Å². The van der Waals surface area contributed by atoms with Crippen LogP contribution in [0.2, 0.25) is 0 Å². The molecule has 0 aromatic rings. The van der Waals surface area contributed by atoms with Gasteiger partial charge in [-0.1, -0.05) is 0 Å². The molecule has 1 nitrogen and oxygen atoms in total. The molecule has 1 heterocycles. The smallest absolute Gasteiger partial charge is 0.0604 e. The zero-order chi connectivity index (χ0) is 6.69. The molecule has 0 bridgehead atoms. The average Bonchev–Trinajstić information content (AvgIpc) is 1.97. The minimum Gasteiger partial charge on any atom is -0.289 e. The summed E-state index contributed by atoms with van der Waals surface area (Å²) >= 11 is 1.84. The maximum Gasteiger partial charge on any atom is 0.0604 e. The zero-order valence-corrected chi connectivity index (χ0v) is 6.66. The number of hydrogen-bond acceptors (Lipinski definition) is 2. The van der Waals surface area contributed by atoms with Crippen molar-refractivity contribution in [1.29, 1.82) is 0 Å². The van der Waals surface area contributed by atoms with E-state index < -0.39 is 0 Å². The second-order valence-electron chi connectivity index (χ2n) is 2.33. The van der Waals surface area contributed by atoms with Crippen LogP contribution in [0, 0.1) is 0 Å². The van der Waals surface area contributed by atoms with Gasteiger partial charge < -0.3 is 0 Å². The maximum absolute atomic E-state index is 4.33. The van der Waals surface area contributed by atoms with E-state index in [4.69, 9.17) is 0 Å². The number of rotatable bonds is 0. The van der Waals surface area contributed by atoms with Gasteiger partial charge in [0.15, 0.2) is 0 Å². The molecule has 0 saturated carbocycles. The lowest BCUT2D eigenvalue weighted by Crippen LogP contribution is -1.93. The van der Waals surface area contributed by atoms with Gasteiger partial charge in [0, 0.05) is 11.5 Å². The third-order valence-electron chi connectivity index (χ3n) is 1.18. The van der Waals surface area contributed by atoms with Crippen molar-refractivity contribution in [3.8, 4) is 0 Å². The molecule has 0 aliphatic carbocycles. The second-order valence-corrected chi connectivity index (χ2v) is 3.18. The molecule has 2 heteroatoms. The molecule has 1 aliphatic heterocycles. The van der Waals surface area contributed by atoms with E-state index in [0.717, 1.165) is 12.3 Å². The monoisotopic (exact) mass is 141 g/mol. The van der Waals surface area contributed by atoms with Crippen molar-refractivity contribution >= 4 is 17.5 Å². The number of hydrogen-bond donors (Lipinski definition) is 0. The van der Waals surface area contributed by atoms with Gasteiger partial charge in [0.1, 0.15) is 0 Å². The summed E-state index contributed by atoms with van der Waals surface area (Å²) in [5.74, 6) is 1.07. The van der Waals surface area contributed by atoms with Crippen LogP contribution >= 0.6 is 11.8 Å². The highest BCUT2D eigenvalue weighted by molar-refractivity contribution is 8.02. The normalized spacial score (nSPS) is 20.2. The van der Waals surface area contributed by atoms with E-state index in [1.807, 2.05) is 11.8 Å². The minimum absolute atomic E-state index is 0.902. The molecule has 0 radical (unpaired) electrons. The standard InChI is InChI=1S/C7H11NS/c1-6-3-8-7(2)5-9-4-6/h4H,3,5H2,1-2H3. The van der Waals surface area contributed by atoms with E-state index in [-0.39, 0.29) is 0 Å². The van der Waals surface area contributed by atoms with Crippen molar-refractivity contribution in [3.63, 3.8) is 0 Å². The van der Waals surface area contributed by atoms with Gasteiger partial charge in [-0.15, -0.1) is 11.8 Å². The third-order valence-corrected chi connectivity index (χ3v) is 2.33. The molecule has 1 aliphatic rings. The van der Waals surface area contributed by atoms with Crippen LogP contribution in [-0.4, -0.2) is 18.0 Å². The Kier molecular flexibility index (Phi) is 2.34. The van der Waals surface area contributed by atoms with Crippen LogP contribution in [0.1, 0.15) is 13.8 Å². The van der Waals surface area contributed by atoms with Gasteiger partial charge in [0.25, 0.3) is 0 Å². The van der Waals surface area contributed by atoms with Gasteiger partial charge in [0.05, 0.1) is 6.54 Å². The van der Waals surface area contributed by atoms with E-state index in [0.29, 0.717) is 0 Å². The fourth-order valence-corrected chi connectivity index (χ4v) is 1.42. The van der Waals surface area contributed by atoms with Crippen molar-refractivity contribution in [1.82, 2.24) is 0 Å². The Balaban J connectivity index is 2.58. The van der Waals surface area contributed by atoms with Crippen LogP contribution < -0.4 is 0 Å². The molecule has 0 amide bonds. The van der Waals surface area contributed by atoms with Crippen LogP contribution in [0.3, 0.4) is 0 Å². The Morgan fingerprint density at radius 1 is 1.56 bits per heavy atom. The summed E-state index contributed by atoms with van der Waals surface area (Å²) in [6.45, 7) is 5.10. The number of aliphatic imine (C=N–C) groups is 1. The first-order valence-corrected chi connectivity index (χ1v) is 4.11. The summed E-state index contributed by atoms with van der Waals surface area (Å²) in [5.41, 5.74) is 2.63. The molecule has 50 valence electrons. The largest absolute Gasteiger partial charge is 0.289 e. The van der Waals surface area contributed by atoms with Crippen molar-refractivity contribution < 1.29 is 0 Å². The molecular weight excluding hydrogens is 130 g/mol. The Bertz CT molecular complexity index is 158. The zero-order valence-electron chi connectivity index (χ0n) is 5.85. The first kappa shape index (κ1) is 6.87. The molecule has 0 aromatic carbocycles. The summed E-state index contributed by atoms with van der Waals surface area (Å²) in [7, 11) is 0. The van der Waals surface area contributed by atoms with Gasteiger partial charge >= 0.3 is 0 Å². The van der Waals surface area contributed by atoms with Gasteiger partial charge in [0.2, 0.25) is 0 Å². The maximum atomic E-state index is 4.33. The number of thioether (sulfide) groups is 1. The van der Waals surface area contributed by atoms with Crippen molar-refractivity contribution in [3.05, 3.63) is 11.0 Å². The molecule has 0 atom stereocenters. The lowest BCUT2D eigenvalue weighted by molar-refractivity contribution is 1.14. The summed E-state index contributed by atoms with van der Waals surface area (Å²) in [4.78, 5) is 4.33. The fourth-order valence-electron chi connectivity index (χ4n) is 0.647. The van der Waals surface area contributed by atoms with Crippen molar-refractivity contribution in [2.75, 3.05) is 12.3 Å². The Morgan fingerprint density at radius 3 is 3.11 bits per heavy atom. The highest BCUT2D eigenvalue weighted by Crippen LogP contribution is 2.11. The van der Waals surface area contributed by atoms with Gasteiger partial charge in [-0.05, 0) is 24.8 Å². The third kappa shape index (κ3) is 2.22. The first-order valence-electron chi connectivity index (χ1n) is 3.06. The predicted molar refractivity (Wildman–Crippen MR) is 44.2 cm³/mol. The van der Waals surface area contributed by atoms with Crippen molar-refractivity contribution in [2.24, 2.45) is 4.99 Å². The molecule has 0 spiro atoms. The van der Waals surface area contributed by atoms with E-state index in [9.17, 15) is 0 Å². The SMILES string of the molecule is CC1=CSCC(C)=NC1. The number of nitrogens with zero attached hydrogens (tertiary/aromatic N) is 1. The molecular formula is C7H11NS. The van der Waals surface area contributed by atoms with E-state index >= 15 is 0 Å². The summed E-state index contributed by atoms with van der Waals surface area (Å²) in [6, 6.07) is 0. The lowest BCUT2D eigenvalue weighted by atomic mass is 10.3. The summed E-state index contributed by atoms with van der Waals surface area (Å²) in [6.07, 6.45) is 0. The summed E-state index contributed by atoms with van der Waals surface area (Å²) < 4.78 is 0. The van der Waals surface area contributed by atoms with Crippen LogP contribution in [0.5, 0.6) is 0 Å². The van der Waals surface area contributed by atoms with Gasteiger partial charge in [-0.3, -0.25) is 4.99 Å². The van der Waals surface area contributed by atoms with Crippen LogP contribution in [0.15, 0.2) is 16.0 Å².